The number of fused-ring (bicyclic) bond motifs is 1. The van der Waals surface area contributed by atoms with E-state index >= 15 is 0 Å². The second-order valence-corrected chi connectivity index (χ2v) is 7.32. The van der Waals surface area contributed by atoms with Gasteiger partial charge in [-0.1, -0.05) is 12.1 Å². The van der Waals surface area contributed by atoms with Gasteiger partial charge < -0.3 is 0 Å². The minimum absolute atomic E-state index is 0.569. The van der Waals surface area contributed by atoms with Gasteiger partial charge in [-0.3, -0.25) is 0 Å². The molecule has 0 fully saturated rings. The Morgan fingerprint density at radius 1 is 0.897 bits per heavy atom. The third kappa shape index (κ3) is 3.09. The van der Waals surface area contributed by atoms with Gasteiger partial charge in [-0.2, -0.15) is 13.2 Å². The lowest BCUT2D eigenvalue weighted by Crippen LogP contribution is -2.31. The van der Waals surface area contributed by atoms with Gasteiger partial charge in [0.25, 0.3) is 5.82 Å². The van der Waals surface area contributed by atoms with Crippen molar-refractivity contribution in [3.63, 3.8) is 0 Å². The lowest BCUT2D eigenvalue weighted by molar-refractivity contribution is -0.660. The van der Waals surface area contributed by atoms with Gasteiger partial charge in [-0.25, -0.2) is 13.7 Å². The summed E-state index contributed by atoms with van der Waals surface area (Å²) in [6.45, 7) is 1.88. The van der Waals surface area contributed by atoms with Gasteiger partial charge in [0, 0.05) is 12.1 Å². The summed E-state index contributed by atoms with van der Waals surface area (Å²) in [5, 5.41) is 0. The number of hydrogen-bond donors (Lipinski definition) is 0. The van der Waals surface area contributed by atoms with E-state index in [0.29, 0.717) is 11.1 Å². The summed E-state index contributed by atoms with van der Waals surface area (Å²) in [6, 6.07) is 15.9. The fraction of sp³-hybridized carbons (Fsp3) is 0.217. The molecule has 4 rings (SSSR count). The third-order valence-electron chi connectivity index (χ3n) is 5.55. The van der Waals surface area contributed by atoms with Crippen LogP contribution in [0.5, 0.6) is 0 Å². The van der Waals surface area contributed by atoms with Gasteiger partial charge in [0.2, 0.25) is 5.69 Å². The number of halogens is 3. The molecule has 0 amide bonds. The van der Waals surface area contributed by atoms with E-state index in [0.717, 1.165) is 28.1 Å². The molecule has 0 saturated carbocycles. The normalized spacial score (nSPS) is 12.0. The summed E-state index contributed by atoms with van der Waals surface area (Å²) < 4.78 is 47.1. The molecule has 0 spiro atoms. The number of para-hydroxylation sites is 2. The molecule has 2 aromatic carbocycles. The molecule has 0 unspecified atom stereocenters. The van der Waals surface area contributed by atoms with Crippen LogP contribution < -0.4 is 9.13 Å². The maximum atomic E-state index is 13.8. The zero-order chi connectivity index (χ0) is 20.9. The van der Waals surface area contributed by atoms with Crippen LogP contribution in [0.2, 0.25) is 0 Å². The van der Waals surface area contributed by atoms with Crippen molar-refractivity contribution in [2.45, 2.75) is 13.1 Å². The molecule has 2 heterocycles. The second kappa shape index (κ2) is 6.72. The highest BCUT2D eigenvalue weighted by atomic mass is 19.4. The van der Waals surface area contributed by atoms with Crippen molar-refractivity contribution in [3.05, 3.63) is 71.9 Å². The molecule has 0 N–H and O–H groups in total. The van der Waals surface area contributed by atoms with E-state index in [1.165, 1.54) is 12.1 Å². The molecule has 4 aromatic rings. The SMILES string of the molecule is Cc1c(-c2cccc[n+]2C)cc(C(F)(F)F)cc1-c1n(C)c2ccccc2[n+]1C. The predicted molar refractivity (Wildman–Crippen MR) is 106 cm³/mol. The zero-order valence-corrected chi connectivity index (χ0v) is 16.7. The average molecular weight is 397 g/mol. The molecular weight excluding hydrogens is 375 g/mol. The van der Waals surface area contributed by atoms with E-state index in [-0.39, 0.29) is 0 Å². The molecule has 0 radical (unpaired) electrons. The highest BCUT2D eigenvalue weighted by Gasteiger charge is 2.35. The molecule has 0 saturated heterocycles. The summed E-state index contributed by atoms with van der Waals surface area (Å²) in [6.07, 6.45) is -2.60. The largest absolute Gasteiger partial charge is 0.416 e. The van der Waals surface area contributed by atoms with Crippen LogP contribution in [0.25, 0.3) is 33.7 Å². The highest BCUT2D eigenvalue weighted by molar-refractivity contribution is 5.79. The van der Waals surface area contributed by atoms with E-state index in [9.17, 15) is 13.2 Å². The Morgan fingerprint density at radius 3 is 2.21 bits per heavy atom. The van der Waals surface area contributed by atoms with Crippen molar-refractivity contribution >= 4 is 11.0 Å². The number of rotatable bonds is 2. The minimum atomic E-state index is -4.44. The molecule has 0 aliphatic rings. The van der Waals surface area contributed by atoms with Crippen LogP contribution in [0.4, 0.5) is 13.2 Å². The van der Waals surface area contributed by atoms with Crippen LogP contribution in [-0.2, 0) is 27.3 Å². The Hall–Kier alpha value is -3.15. The van der Waals surface area contributed by atoms with E-state index in [4.69, 9.17) is 0 Å². The van der Waals surface area contributed by atoms with Crippen molar-refractivity contribution in [1.82, 2.24) is 4.57 Å². The van der Waals surface area contributed by atoms with Crippen LogP contribution in [-0.4, -0.2) is 4.57 Å². The number of pyridine rings is 1. The number of hydrogen-bond acceptors (Lipinski definition) is 0. The average Bonchev–Trinajstić information content (AvgIpc) is 2.93. The number of aryl methyl sites for hydroxylation is 3. The fourth-order valence-corrected chi connectivity index (χ4v) is 4.03. The fourth-order valence-electron chi connectivity index (χ4n) is 4.03. The Kier molecular flexibility index (Phi) is 4.45. The molecule has 2 aromatic heterocycles. The van der Waals surface area contributed by atoms with Crippen molar-refractivity contribution in [2.75, 3.05) is 0 Å². The van der Waals surface area contributed by atoms with E-state index < -0.39 is 11.7 Å². The summed E-state index contributed by atoms with van der Waals surface area (Å²) in [5.74, 6) is 0.731. The minimum Gasteiger partial charge on any atom is -0.226 e. The molecule has 0 atom stereocenters. The number of aromatic nitrogens is 3. The first-order valence-corrected chi connectivity index (χ1v) is 9.31. The maximum Gasteiger partial charge on any atom is 0.416 e. The van der Waals surface area contributed by atoms with Crippen LogP contribution in [0.1, 0.15) is 11.1 Å². The third-order valence-corrected chi connectivity index (χ3v) is 5.55. The van der Waals surface area contributed by atoms with Gasteiger partial charge in [-0.05, 0) is 42.8 Å². The van der Waals surface area contributed by atoms with Gasteiger partial charge >= 0.3 is 6.18 Å². The number of benzene rings is 2. The van der Waals surface area contributed by atoms with Crippen molar-refractivity contribution in [2.24, 2.45) is 21.1 Å². The summed E-state index contributed by atoms with van der Waals surface area (Å²) >= 11 is 0. The van der Waals surface area contributed by atoms with Gasteiger partial charge in [0.15, 0.2) is 17.2 Å². The van der Waals surface area contributed by atoms with Gasteiger partial charge in [0.05, 0.1) is 30.8 Å². The number of imidazole rings is 1. The standard InChI is InChI=1S/C23H22F3N3/c1-15-17(19-9-7-8-12-27(19)2)13-16(23(24,25)26)14-18(15)22-28(3)20-10-5-6-11-21(20)29(22)4/h5-14H,1-4H3/q+2. The Balaban J connectivity index is 2.10. The number of alkyl halides is 3. The molecule has 148 valence electrons. The summed E-state index contributed by atoms with van der Waals surface area (Å²) in [4.78, 5) is 0. The molecule has 0 bridgehead atoms. The zero-order valence-electron chi connectivity index (χ0n) is 16.7. The molecule has 6 heteroatoms. The molecular formula is C23H22F3N3+2. The van der Waals surface area contributed by atoms with Crippen molar-refractivity contribution in [1.29, 1.82) is 0 Å². The monoisotopic (exact) mass is 397 g/mol. The molecule has 0 aliphatic carbocycles. The van der Waals surface area contributed by atoms with Crippen LogP contribution >= 0.6 is 0 Å². The van der Waals surface area contributed by atoms with Crippen molar-refractivity contribution < 1.29 is 22.3 Å². The quantitative estimate of drug-likeness (QED) is 0.442. The first kappa shape index (κ1) is 19.2. The predicted octanol–water partition coefficient (Wildman–Crippen LogP) is 4.49. The van der Waals surface area contributed by atoms with E-state index in [1.54, 1.807) is 0 Å². The Morgan fingerprint density at radius 2 is 1.55 bits per heavy atom. The van der Waals surface area contributed by atoms with Crippen LogP contribution in [0.15, 0.2) is 60.8 Å². The van der Waals surface area contributed by atoms with Gasteiger partial charge in [-0.15, -0.1) is 0 Å². The van der Waals surface area contributed by atoms with Crippen molar-refractivity contribution in [3.8, 4) is 22.6 Å². The Bertz CT molecular complexity index is 1200. The van der Waals surface area contributed by atoms with E-state index in [1.807, 2.05) is 90.4 Å². The first-order valence-electron chi connectivity index (χ1n) is 9.31. The summed E-state index contributed by atoms with van der Waals surface area (Å²) in [5.41, 5.74) is 3.97. The van der Waals surface area contributed by atoms with E-state index in [2.05, 4.69) is 0 Å². The topological polar surface area (TPSA) is 12.7 Å². The maximum absolute atomic E-state index is 13.8. The molecule has 29 heavy (non-hydrogen) atoms. The molecule has 0 aliphatic heterocycles. The Labute approximate surface area is 167 Å². The summed E-state index contributed by atoms with van der Waals surface area (Å²) in [7, 11) is 5.62. The molecule has 3 nitrogen and oxygen atoms in total. The smallest absolute Gasteiger partial charge is 0.226 e. The lowest BCUT2D eigenvalue weighted by Gasteiger charge is -2.14. The van der Waals surface area contributed by atoms with Crippen LogP contribution in [0.3, 0.4) is 0 Å². The van der Waals surface area contributed by atoms with Gasteiger partial charge in [0.1, 0.15) is 7.05 Å². The second-order valence-electron chi connectivity index (χ2n) is 7.32. The van der Waals surface area contributed by atoms with Crippen LogP contribution in [0, 0.1) is 6.92 Å². The lowest BCUT2D eigenvalue weighted by atomic mass is 9.95. The number of nitrogens with zero attached hydrogens (tertiary/aromatic N) is 3. The highest BCUT2D eigenvalue weighted by Crippen LogP contribution is 2.38. The first-order chi connectivity index (χ1) is 13.7.